The van der Waals surface area contributed by atoms with E-state index in [9.17, 15) is 9.59 Å². The molecule has 1 amide bonds. The van der Waals surface area contributed by atoms with E-state index in [1.54, 1.807) is 19.1 Å². The maximum atomic E-state index is 13.2. The van der Waals surface area contributed by atoms with Gasteiger partial charge in [0.05, 0.1) is 33.4 Å². The van der Waals surface area contributed by atoms with Crippen LogP contribution in [0.3, 0.4) is 0 Å². The smallest absolute Gasteiger partial charge is 0.326 e. The number of likely N-dealkylation sites (tertiary alicyclic amines) is 1. The van der Waals surface area contributed by atoms with Gasteiger partial charge >= 0.3 is 5.97 Å². The zero-order chi connectivity index (χ0) is 25.7. The molecule has 2 heterocycles. The van der Waals surface area contributed by atoms with Crippen molar-refractivity contribution in [3.63, 3.8) is 0 Å². The quantitative estimate of drug-likeness (QED) is 0.393. The number of amides is 1. The van der Waals surface area contributed by atoms with Crippen LogP contribution in [-0.4, -0.2) is 86.4 Å². The lowest BCUT2D eigenvalue weighted by molar-refractivity contribution is -0.149. The third-order valence-electron chi connectivity index (χ3n) is 6.56. The van der Waals surface area contributed by atoms with Gasteiger partial charge in [0.25, 0.3) is 5.91 Å². The van der Waals surface area contributed by atoms with Crippen molar-refractivity contribution in [3.8, 4) is 5.75 Å². The van der Waals surface area contributed by atoms with Crippen LogP contribution in [0.1, 0.15) is 27.0 Å². The number of morpholine rings is 1. The first-order chi connectivity index (χ1) is 17.4. The van der Waals surface area contributed by atoms with Crippen LogP contribution in [0.2, 0.25) is 0 Å². The molecule has 2 aliphatic heterocycles. The van der Waals surface area contributed by atoms with Crippen molar-refractivity contribution in [1.29, 1.82) is 0 Å². The van der Waals surface area contributed by atoms with Gasteiger partial charge in [-0.3, -0.25) is 9.59 Å². The van der Waals surface area contributed by atoms with Gasteiger partial charge in [-0.15, -0.1) is 0 Å². The Bertz CT molecular complexity index is 1080. The number of rotatable bonds is 8. The maximum absolute atomic E-state index is 13.2. The minimum atomic E-state index is -0.408. The van der Waals surface area contributed by atoms with Crippen molar-refractivity contribution in [1.82, 2.24) is 9.21 Å². The Hall–Kier alpha value is -2.59. The van der Waals surface area contributed by atoms with Crippen LogP contribution in [0.15, 0.2) is 42.5 Å². The SMILES string of the molecule is COC(=O)C1COCCN1SCc1cccc(OC2CN(C(=O)c3cc(C)ccc3C)CC2OC)c1. The van der Waals surface area contributed by atoms with Crippen LogP contribution in [0, 0.1) is 13.8 Å². The molecule has 0 bridgehead atoms. The maximum Gasteiger partial charge on any atom is 0.326 e. The number of carbonyl (C=O) groups excluding carboxylic acids is 2. The molecule has 2 saturated heterocycles. The fraction of sp³-hybridized carbons (Fsp3) is 0.481. The summed E-state index contributed by atoms with van der Waals surface area (Å²) in [5.41, 5.74) is 3.81. The number of esters is 1. The molecule has 0 saturated carbocycles. The largest absolute Gasteiger partial charge is 0.486 e. The lowest BCUT2D eigenvalue weighted by Crippen LogP contribution is -2.46. The zero-order valence-corrected chi connectivity index (χ0v) is 22.1. The standard InChI is InChI=1S/C27H34N2O6S/c1-18-8-9-19(2)22(12-18)26(30)28-14-24(32-3)25(15-28)35-21-7-5-6-20(13-21)17-36-29-10-11-34-16-23(29)27(31)33-4/h5-9,12-13,23-25H,10-11,14-17H2,1-4H3. The lowest BCUT2D eigenvalue weighted by Gasteiger charge is -2.32. The van der Waals surface area contributed by atoms with Gasteiger partial charge in [-0.2, -0.15) is 0 Å². The number of ether oxygens (including phenoxy) is 4. The zero-order valence-electron chi connectivity index (χ0n) is 21.3. The third kappa shape index (κ3) is 6.21. The minimum absolute atomic E-state index is 0.000159. The predicted octanol–water partition coefficient (Wildman–Crippen LogP) is 3.24. The number of hydrogen-bond acceptors (Lipinski definition) is 8. The summed E-state index contributed by atoms with van der Waals surface area (Å²) in [6.07, 6.45) is -0.485. The topological polar surface area (TPSA) is 77.5 Å². The second kappa shape index (κ2) is 12.1. The summed E-state index contributed by atoms with van der Waals surface area (Å²) in [5, 5.41) is 0. The predicted molar refractivity (Wildman–Crippen MR) is 138 cm³/mol. The Morgan fingerprint density at radius 2 is 1.89 bits per heavy atom. The summed E-state index contributed by atoms with van der Waals surface area (Å²) >= 11 is 1.58. The van der Waals surface area contributed by atoms with Crippen molar-refractivity contribution in [2.45, 2.75) is 37.9 Å². The average Bonchev–Trinajstić information content (AvgIpc) is 3.31. The molecule has 0 aromatic heterocycles. The van der Waals surface area contributed by atoms with E-state index in [2.05, 4.69) is 0 Å². The van der Waals surface area contributed by atoms with E-state index in [-0.39, 0.29) is 24.1 Å². The normalized spacial score (nSPS) is 22.4. The molecule has 0 aliphatic carbocycles. The number of benzene rings is 2. The highest BCUT2D eigenvalue weighted by Gasteiger charge is 2.38. The highest BCUT2D eigenvalue weighted by atomic mass is 32.2. The third-order valence-corrected chi connectivity index (χ3v) is 7.80. The van der Waals surface area contributed by atoms with E-state index in [1.165, 1.54) is 7.11 Å². The number of aryl methyl sites for hydroxylation is 2. The fourth-order valence-electron chi connectivity index (χ4n) is 4.49. The van der Waals surface area contributed by atoms with Crippen LogP contribution in [0.25, 0.3) is 0 Å². The van der Waals surface area contributed by atoms with Gasteiger partial charge in [-0.1, -0.05) is 41.8 Å². The summed E-state index contributed by atoms with van der Waals surface area (Å²) in [6, 6.07) is 13.4. The summed E-state index contributed by atoms with van der Waals surface area (Å²) < 4.78 is 24.4. The van der Waals surface area contributed by atoms with Crippen molar-refractivity contribution in [2.24, 2.45) is 0 Å². The first-order valence-electron chi connectivity index (χ1n) is 12.1. The molecule has 2 aromatic rings. The highest BCUT2D eigenvalue weighted by molar-refractivity contribution is 7.96. The molecule has 2 aliphatic rings. The highest BCUT2D eigenvalue weighted by Crippen LogP contribution is 2.27. The second-order valence-corrected chi connectivity index (χ2v) is 10.2. The molecule has 194 valence electrons. The molecule has 3 atom stereocenters. The van der Waals surface area contributed by atoms with Crippen LogP contribution in [0.5, 0.6) is 5.75 Å². The molecular formula is C27H34N2O6S. The van der Waals surface area contributed by atoms with E-state index in [4.69, 9.17) is 18.9 Å². The molecule has 9 heteroatoms. The van der Waals surface area contributed by atoms with Crippen molar-refractivity contribution in [2.75, 3.05) is 47.1 Å². The molecule has 3 unspecified atom stereocenters. The first-order valence-corrected chi connectivity index (χ1v) is 13.0. The second-order valence-electron chi connectivity index (χ2n) is 9.13. The Kier molecular flexibility index (Phi) is 8.90. The summed E-state index contributed by atoms with van der Waals surface area (Å²) in [5.74, 6) is 1.12. The fourth-order valence-corrected chi connectivity index (χ4v) is 5.52. The molecule has 0 radical (unpaired) electrons. The monoisotopic (exact) mass is 514 g/mol. The van der Waals surface area contributed by atoms with E-state index >= 15 is 0 Å². The first kappa shape index (κ1) is 26.5. The van der Waals surface area contributed by atoms with Gasteiger partial charge in [-0.25, -0.2) is 4.31 Å². The minimum Gasteiger partial charge on any atom is -0.486 e. The molecule has 0 spiro atoms. The van der Waals surface area contributed by atoms with Gasteiger partial charge < -0.3 is 23.8 Å². The number of hydrogen-bond donors (Lipinski definition) is 0. The Morgan fingerprint density at radius 1 is 1.08 bits per heavy atom. The molecule has 36 heavy (non-hydrogen) atoms. The van der Waals surface area contributed by atoms with Gasteiger partial charge in [0.1, 0.15) is 24.0 Å². The van der Waals surface area contributed by atoms with Gasteiger partial charge in [0, 0.05) is 25.0 Å². The summed E-state index contributed by atoms with van der Waals surface area (Å²) in [4.78, 5) is 27.1. The van der Waals surface area contributed by atoms with E-state index in [0.717, 1.165) is 28.0 Å². The van der Waals surface area contributed by atoms with Crippen LogP contribution in [0.4, 0.5) is 0 Å². The average molecular weight is 515 g/mol. The number of carbonyl (C=O) groups is 2. The van der Waals surface area contributed by atoms with Crippen LogP contribution in [-0.2, 0) is 24.8 Å². The van der Waals surface area contributed by atoms with Crippen LogP contribution >= 0.6 is 11.9 Å². The summed E-state index contributed by atoms with van der Waals surface area (Å²) in [7, 11) is 3.05. The van der Waals surface area contributed by atoms with E-state index in [1.807, 2.05) is 65.5 Å². The van der Waals surface area contributed by atoms with Gasteiger partial charge in [0.15, 0.2) is 0 Å². The van der Waals surface area contributed by atoms with E-state index in [0.29, 0.717) is 38.6 Å². The van der Waals surface area contributed by atoms with Gasteiger partial charge in [-0.05, 0) is 43.2 Å². The van der Waals surface area contributed by atoms with E-state index < -0.39 is 6.04 Å². The molecule has 2 fully saturated rings. The van der Waals surface area contributed by atoms with Crippen molar-refractivity contribution in [3.05, 3.63) is 64.7 Å². The molecular weight excluding hydrogens is 480 g/mol. The number of nitrogens with zero attached hydrogens (tertiary/aromatic N) is 2. The van der Waals surface area contributed by atoms with Crippen LogP contribution < -0.4 is 4.74 Å². The Morgan fingerprint density at radius 3 is 2.67 bits per heavy atom. The summed E-state index contributed by atoms with van der Waals surface area (Å²) in [6.45, 7) is 6.46. The molecule has 0 N–H and O–H groups in total. The molecule has 2 aromatic carbocycles. The van der Waals surface area contributed by atoms with Crippen molar-refractivity contribution >= 4 is 23.8 Å². The lowest BCUT2D eigenvalue weighted by atomic mass is 10.0. The Balaban J connectivity index is 1.39. The van der Waals surface area contributed by atoms with Gasteiger partial charge in [0.2, 0.25) is 0 Å². The van der Waals surface area contributed by atoms with Crippen molar-refractivity contribution < 1.29 is 28.5 Å². The number of methoxy groups -OCH3 is 2. The molecule has 4 rings (SSSR count). The molecule has 8 nitrogen and oxygen atoms in total. The Labute approximate surface area is 217 Å².